The Balaban J connectivity index is 1.99. The van der Waals surface area contributed by atoms with Gasteiger partial charge in [0.1, 0.15) is 12.3 Å². The van der Waals surface area contributed by atoms with Gasteiger partial charge in [0, 0.05) is 10.7 Å². The molecule has 0 saturated heterocycles. The summed E-state index contributed by atoms with van der Waals surface area (Å²) >= 11 is 5.96. The van der Waals surface area contributed by atoms with Gasteiger partial charge in [-0.25, -0.2) is 8.42 Å². The van der Waals surface area contributed by atoms with Gasteiger partial charge in [0.05, 0.1) is 17.7 Å². The number of ether oxygens (including phenoxy) is 1. The second-order valence-electron chi connectivity index (χ2n) is 6.56. The summed E-state index contributed by atoms with van der Waals surface area (Å²) in [4.78, 5) is 12.8. The Hall–Kier alpha value is -3.03. The Morgan fingerprint density at radius 3 is 2.40 bits per heavy atom. The van der Waals surface area contributed by atoms with E-state index >= 15 is 0 Å². The first kappa shape index (κ1) is 21.7. The number of nitrogens with one attached hydrogen (secondary N) is 1. The Kier molecular flexibility index (Phi) is 6.64. The number of methoxy groups -OCH3 is 1. The van der Waals surface area contributed by atoms with Crippen molar-refractivity contribution < 1.29 is 17.9 Å². The molecule has 0 aliphatic rings. The average molecular weight is 445 g/mol. The topological polar surface area (TPSA) is 75.7 Å². The molecule has 30 heavy (non-hydrogen) atoms. The number of benzene rings is 3. The van der Waals surface area contributed by atoms with E-state index in [2.05, 4.69) is 5.32 Å². The average Bonchev–Trinajstić information content (AvgIpc) is 2.72. The van der Waals surface area contributed by atoms with Crippen LogP contribution in [0.4, 0.5) is 11.4 Å². The van der Waals surface area contributed by atoms with Crippen LogP contribution in [0.2, 0.25) is 5.02 Å². The highest BCUT2D eigenvalue weighted by Crippen LogP contribution is 2.32. The lowest BCUT2D eigenvalue weighted by atomic mass is 10.2. The molecule has 0 atom stereocenters. The molecule has 0 aliphatic heterocycles. The molecule has 3 rings (SSSR count). The van der Waals surface area contributed by atoms with E-state index in [0.717, 1.165) is 9.87 Å². The van der Waals surface area contributed by atoms with Crippen molar-refractivity contribution in [3.8, 4) is 5.75 Å². The molecule has 156 valence electrons. The van der Waals surface area contributed by atoms with Crippen molar-refractivity contribution in [3.05, 3.63) is 83.4 Å². The fourth-order valence-corrected chi connectivity index (χ4v) is 4.49. The predicted molar refractivity (Wildman–Crippen MR) is 119 cm³/mol. The molecule has 1 N–H and O–H groups in total. The van der Waals surface area contributed by atoms with E-state index < -0.39 is 22.5 Å². The minimum Gasteiger partial charge on any atom is -0.495 e. The summed E-state index contributed by atoms with van der Waals surface area (Å²) in [6.07, 6.45) is 0. The van der Waals surface area contributed by atoms with Crippen molar-refractivity contribution in [2.75, 3.05) is 23.3 Å². The fraction of sp³-hybridized carbons (Fsp3) is 0.136. The van der Waals surface area contributed by atoms with Crippen LogP contribution in [-0.2, 0) is 14.8 Å². The van der Waals surface area contributed by atoms with Crippen molar-refractivity contribution in [1.82, 2.24) is 0 Å². The Morgan fingerprint density at radius 2 is 1.73 bits per heavy atom. The molecule has 0 saturated carbocycles. The monoisotopic (exact) mass is 444 g/mol. The lowest BCUT2D eigenvalue weighted by Gasteiger charge is -2.25. The van der Waals surface area contributed by atoms with E-state index in [1.807, 2.05) is 6.92 Å². The first-order valence-corrected chi connectivity index (χ1v) is 10.9. The Labute approximate surface area is 181 Å². The van der Waals surface area contributed by atoms with Crippen molar-refractivity contribution in [2.24, 2.45) is 0 Å². The molecule has 0 bridgehead atoms. The van der Waals surface area contributed by atoms with Crippen LogP contribution in [-0.4, -0.2) is 28.0 Å². The summed E-state index contributed by atoms with van der Waals surface area (Å²) in [5.74, 6) is -0.178. The van der Waals surface area contributed by atoms with E-state index in [9.17, 15) is 13.2 Å². The highest BCUT2D eigenvalue weighted by Gasteiger charge is 2.29. The number of halogens is 1. The predicted octanol–water partition coefficient (Wildman–Crippen LogP) is 4.49. The molecule has 1 amide bonds. The maximum absolute atomic E-state index is 13.4. The number of aryl methyl sites for hydroxylation is 1. The van der Waals surface area contributed by atoms with Crippen LogP contribution in [0, 0.1) is 6.92 Å². The largest absolute Gasteiger partial charge is 0.495 e. The minimum absolute atomic E-state index is 0.0783. The van der Waals surface area contributed by atoms with Gasteiger partial charge in [-0.3, -0.25) is 9.10 Å². The third-order valence-corrected chi connectivity index (χ3v) is 6.37. The molecule has 3 aromatic rings. The van der Waals surface area contributed by atoms with E-state index in [0.29, 0.717) is 16.5 Å². The summed E-state index contributed by atoms with van der Waals surface area (Å²) in [6.45, 7) is 1.43. The number of amides is 1. The normalized spacial score (nSPS) is 11.0. The van der Waals surface area contributed by atoms with Crippen molar-refractivity contribution in [2.45, 2.75) is 11.8 Å². The zero-order valence-electron chi connectivity index (χ0n) is 16.5. The molecular weight excluding hydrogens is 424 g/mol. The second-order valence-corrected chi connectivity index (χ2v) is 8.85. The zero-order valence-corrected chi connectivity index (χ0v) is 18.1. The number of nitrogens with zero attached hydrogens (tertiary/aromatic N) is 1. The van der Waals surface area contributed by atoms with Crippen molar-refractivity contribution in [3.63, 3.8) is 0 Å². The number of hydrogen-bond acceptors (Lipinski definition) is 4. The summed E-state index contributed by atoms with van der Waals surface area (Å²) in [5.41, 5.74) is 1.67. The third-order valence-electron chi connectivity index (χ3n) is 4.36. The van der Waals surface area contributed by atoms with Gasteiger partial charge in [-0.2, -0.15) is 0 Å². The van der Waals surface area contributed by atoms with E-state index in [1.54, 1.807) is 60.7 Å². The lowest BCUT2D eigenvalue weighted by molar-refractivity contribution is -0.114. The van der Waals surface area contributed by atoms with Crippen molar-refractivity contribution >= 4 is 38.9 Å². The van der Waals surface area contributed by atoms with Gasteiger partial charge in [-0.15, -0.1) is 0 Å². The van der Waals surface area contributed by atoms with Crippen LogP contribution in [0.15, 0.2) is 77.7 Å². The lowest BCUT2D eigenvalue weighted by Crippen LogP contribution is -2.38. The number of carbonyl (C=O) groups excluding carboxylic acids is 1. The molecule has 0 unspecified atom stereocenters. The van der Waals surface area contributed by atoms with Crippen LogP contribution in [0.5, 0.6) is 5.75 Å². The molecule has 0 radical (unpaired) electrons. The molecule has 0 fully saturated rings. The quantitative estimate of drug-likeness (QED) is 0.582. The van der Waals surface area contributed by atoms with E-state index in [4.69, 9.17) is 16.3 Å². The van der Waals surface area contributed by atoms with Gasteiger partial charge in [0.25, 0.3) is 10.0 Å². The van der Waals surface area contributed by atoms with Gasteiger partial charge in [0.15, 0.2) is 0 Å². The second kappa shape index (κ2) is 9.19. The smallest absolute Gasteiger partial charge is 0.264 e. The van der Waals surface area contributed by atoms with Gasteiger partial charge in [0.2, 0.25) is 5.91 Å². The first-order valence-electron chi connectivity index (χ1n) is 9.09. The van der Waals surface area contributed by atoms with E-state index in [1.165, 1.54) is 19.2 Å². The van der Waals surface area contributed by atoms with E-state index in [-0.39, 0.29) is 10.6 Å². The molecule has 0 aromatic heterocycles. The molecule has 0 aliphatic carbocycles. The number of para-hydroxylation sites is 2. The standard InChI is InChI=1S/C22H21ClN2O4S/c1-16-10-12-19(13-11-16)30(27,28)25(20-8-3-4-9-21(20)29-2)15-22(26)24-18-7-5-6-17(23)14-18/h3-14H,15H2,1-2H3,(H,24,26). The molecule has 0 spiro atoms. The molecule has 6 nitrogen and oxygen atoms in total. The van der Waals surface area contributed by atoms with Gasteiger partial charge in [-0.1, -0.05) is 47.5 Å². The molecule has 0 heterocycles. The Morgan fingerprint density at radius 1 is 1.03 bits per heavy atom. The van der Waals surface area contributed by atoms with Crippen LogP contribution in [0.1, 0.15) is 5.56 Å². The maximum atomic E-state index is 13.4. The van der Waals surface area contributed by atoms with Gasteiger partial charge in [-0.05, 0) is 49.4 Å². The number of rotatable bonds is 7. The summed E-state index contributed by atoms with van der Waals surface area (Å²) in [7, 11) is -2.59. The molecule has 8 heteroatoms. The third kappa shape index (κ3) is 4.93. The Bertz CT molecular complexity index is 1150. The minimum atomic E-state index is -4.03. The summed E-state index contributed by atoms with van der Waals surface area (Å²) in [5, 5.41) is 3.14. The molecule has 3 aromatic carbocycles. The number of sulfonamides is 1. The highest BCUT2D eigenvalue weighted by atomic mass is 35.5. The van der Waals surface area contributed by atoms with Gasteiger partial charge >= 0.3 is 0 Å². The maximum Gasteiger partial charge on any atom is 0.264 e. The SMILES string of the molecule is COc1ccccc1N(CC(=O)Nc1cccc(Cl)c1)S(=O)(=O)c1ccc(C)cc1. The van der Waals surface area contributed by atoms with Crippen LogP contribution >= 0.6 is 11.6 Å². The van der Waals surface area contributed by atoms with Crippen molar-refractivity contribution in [1.29, 1.82) is 0 Å². The number of carbonyl (C=O) groups is 1. The van der Waals surface area contributed by atoms with Crippen LogP contribution in [0.3, 0.4) is 0 Å². The number of hydrogen-bond donors (Lipinski definition) is 1. The fourth-order valence-electron chi connectivity index (χ4n) is 2.87. The molecular formula is C22H21ClN2O4S. The number of anilines is 2. The summed E-state index contributed by atoms with van der Waals surface area (Å²) in [6, 6.07) is 19.7. The zero-order chi connectivity index (χ0) is 21.7. The highest BCUT2D eigenvalue weighted by molar-refractivity contribution is 7.92. The summed E-state index contributed by atoms with van der Waals surface area (Å²) < 4.78 is 33.2. The first-order chi connectivity index (χ1) is 14.3. The van der Waals surface area contributed by atoms with Gasteiger partial charge < -0.3 is 10.1 Å². The van der Waals surface area contributed by atoms with Crippen LogP contribution < -0.4 is 14.4 Å². The van der Waals surface area contributed by atoms with Crippen LogP contribution in [0.25, 0.3) is 0 Å².